The highest BCUT2D eigenvalue weighted by molar-refractivity contribution is 7.10. The fourth-order valence-corrected chi connectivity index (χ4v) is 3.17. The van der Waals surface area contributed by atoms with Crippen LogP contribution >= 0.6 is 23.1 Å². The Kier molecular flexibility index (Phi) is 2.87. The van der Waals surface area contributed by atoms with E-state index in [1.165, 1.54) is 11.5 Å². The van der Waals surface area contributed by atoms with E-state index in [4.69, 9.17) is 21.1 Å². The SMILES string of the molecule is Clc1nc(C2CCC3(CC2)OCCO3)ns1. The van der Waals surface area contributed by atoms with Gasteiger partial charge in [0.05, 0.1) is 13.2 Å². The number of aromatic nitrogens is 2. The molecular formula is C10H13ClN2O2S. The minimum Gasteiger partial charge on any atom is -0.348 e. The summed E-state index contributed by atoms with van der Waals surface area (Å²) in [5, 5.41) is 0. The molecule has 0 atom stereocenters. The zero-order valence-electron chi connectivity index (χ0n) is 8.82. The third-order valence-electron chi connectivity index (χ3n) is 3.34. The highest BCUT2D eigenvalue weighted by Crippen LogP contribution is 2.41. The van der Waals surface area contributed by atoms with E-state index in [-0.39, 0.29) is 5.79 Å². The van der Waals surface area contributed by atoms with Crippen LogP contribution in [0.2, 0.25) is 4.47 Å². The predicted octanol–water partition coefficient (Wildman–Crippen LogP) is 2.59. The minimum absolute atomic E-state index is 0.295. The van der Waals surface area contributed by atoms with Crippen LogP contribution in [0.4, 0.5) is 0 Å². The molecule has 0 aromatic carbocycles. The summed E-state index contributed by atoms with van der Waals surface area (Å²) < 4.78 is 16.2. The molecule has 1 spiro atoms. The van der Waals surface area contributed by atoms with E-state index in [0.29, 0.717) is 10.4 Å². The van der Waals surface area contributed by atoms with Gasteiger partial charge in [0.15, 0.2) is 5.79 Å². The van der Waals surface area contributed by atoms with Crippen molar-refractivity contribution in [1.82, 2.24) is 9.36 Å². The molecule has 6 heteroatoms. The van der Waals surface area contributed by atoms with E-state index in [1.54, 1.807) is 0 Å². The molecule has 0 bridgehead atoms. The fourth-order valence-electron chi connectivity index (χ4n) is 2.48. The van der Waals surface area contributed by atoms with Crippen LogP contribution in [0.15, 0.2) is 0 Å². The zero-order valence-corrected chi connectivity index (χ0v) is 10.4. The lowest BCUT2D eigenvalue weighted by molar-refractivity contribution is -0.179. The summed E-state index contributed by atoms with van der Waals surface area (Å²) in [5.74, 6) is 1.01. The molecule has 0 radical (unpaired) electrons. The quantitative estimate of drug-likeness (QED) is 0.779. The third-order valence-corrected chi connectivity index (χ3v) is 4.15. The lowest BCUT2D eigenvalue weighted by Gasteiger charge is -2.34. The van der Waals surface area contributed by atoms with E-state index in [9.17, 15) is 0 Å². The minimum atomic E-state index is -0.295. The average Bonchev–Trinajstić information content (AvgIpc) is 2.90. The number of nitrogens with zero attached hydrogens (tertiary/aromatic N) is 2. The predicted molar refractivity (Wildman–Crippen MR) is 60.8 cm³/mol. The Morgan fingerprint density at radius 2 is 1.94 bits per heavy atom. The van der Waals surface area contributed by atoms with Crippen molar-refractivity contribution in [1.29, 1.82) is 0 Å². The van der Waals surface area contributed by atoms with Gasteiger partial charge in [-0.05, 0) is 36.0 Å². The van der Waals surface area contributed by atoms with Gasteiger partial charge >= 0.3 is 0 Å². The van der Waals surface area contributed by atoms with Crippen LogP contribution in [0.3, 0.4) is 0 Å². The normalized spacial score (nSPS) is 25.3. The first-order valence-electron chi connectivity index (χ1n) is 5.54. The molecule has 2 fully saturated rings. The summed E-state index contributed by atoms with van der Waals surface area (Å²) in [7, 11) is 0. The monoisotopic (exact) mass is 260 g/mol. The Balaban J connectivity index is 1.66. The van der Waals surface area contributed by atoms with E-state index in [0.717, 1.165) is 44.7 Å². The Morgan fingerprint density at radius 3 is 2.50 bits per heavy atom. The Hall–Kier alpha value is -0.230. The van der Waals surface area contributed by atoms with Gasteiger partial charge in [0.2, 0.25) is 4.47 Å². The van der Waals surface area contributed by atoms with Gasteiger partial charge in [-0.2, -0.15) is 4.37 Å². The third kappa shape index (κ3) is 1.97. The van der Waals surface area contributed by atoms with Gasteiger partial charge in [0, 0.05) is 18.8 Å². The van der Waals surface area contributed by atoms with Crippen LogP contribution < -0.4 is 0 Å². The first-order valence-corrected chi connectivity index (χ1v) is 6.70. The molecule has 1 aromatic rings. The van der Waals surface area contributed by atoms with Gasteiger partial charge in [-0.3, -0.25) is 0 Å². The molecule has 0 N–H and O–H groups in total. The lowest BCUT2D eigenvalue weighted by atomic mass is 9.85. The number of halogens is 1. The topological polar surface area (TPSA) is 44.2 Å². The van der Waals surface area contributed by atoms with Crippen molar-refractivity contribution in [2.24, 2.45) is 0 Å². The van der Waals surface area contributed by atoms with Crippen molar-refractivity contribution >= 4 is 23.1 Å². The van der Waals surface area contributed by atoms with Gasteiger partial charge in [0.25, 0.3) is 0 Å². The second-order valence-corrected chi connectivity index (χ2v) is 5.62. The molecule has 1 aliphatic heterocycles. The summed E-state index contributed by atoms with van der Waals surface area (Å²) in [6, 6.07) is 0. The molecule has 16 heavy (non-hydrogen) atoms. The largest absolute Gasteiger partial charge is 0.348 e. The molecule has 2 heterocycles. The molecular weight excluding hydrogens is 248 g/mol. The maximum absolute atomic E-state index is 5.80. The molecule has 1 saturated heterocycles. The smallest absolute Gasteiger partial charge is 0.203 e. The van der Waals surface area contributed by atoms with Crippen LogP contribution in [0.1, 0.15) is 37.4 Å². The van der Waals surface area contributed by atoms with E-state index in [1.807, 2.05) is 0 Å². The van der Waals surface area contributed by atoms with Crippen LogP contribution in [0, 0.1) is 0 Å². The first kappa shape index (κ1) is 10.9. The molecule has 88 valence electrons. The highest BCUT2D eigenvalue weighted by atomic mass is 35.5. The maximum Gasteiger partial charge on any atom is 0.203 e. The van der Waals surface area contributed by atoms with Crippen molar-refractivity contribution < 1.29 is 9.47 Å². The summed E-state index contributed by atoms with van der Waals surface area (Å²) in [4.78, 5) is 4.24. The molecule has 2 aliphatic rings. The van der Waals surface area contributed by atoms with E-state index < -0.39 is 0 Å². The number of hydrogen-bond acceptors (Lipinski definition) is 5. The molecule has 4 nitrogen and oxygen atoms in total. The number of rotatable bonds is 1. The van der Waals surface area contributed by atoms with Crippen LogP contribution in [0.25, 0.3) is 0 Å². The van der Waals surface area contributed by atoms with Gasteiger partial charge in [-0.25, -0.2) is 4.98 Å². The van der Waals surface area contributed by atoms with E-state index >= 15 is 0 Å². The average molecular weight is 261 g/mol. The molecule has 3 rings (SSSR count). The van der Waals surface area contributed by atoms with E-state index in [2.05, 4.69) is 9.36 Å². The van der Waals surface area contributed by atoms with Crippen LogP contribution in [-0.4, -0.2) is 28.4 Å². The van der Waals surface area contributed by atoms with Crippen LogP contribution in [-0.2, 0) is 9.47 Å². The Labute approximate surface area is 103 Å². The van der Waals surface area contributed by atoms with Crippen molar-refractivity contribution in [2.75, 3.05) is 13.2 Å². The summed E-state index contributed by atoms with van der Waals surface area (Å²) in [6.07, 6.45) is 3.92. The molecule has 0 unspecified atom stereocenters. The molecule has 1 aliphatic carbocycles. The van der Waals surface area contributed by atoms with Gasteiger partial charge in [-0.1, -0.05) is 0 Å². The standard InChI is InChI=1S/C10H13ClN2O2S/c11-9-12-8(13-16-9)7-1-3-10(4-2-7)14-5-6-15-10/h7H,1-6H2. The van der Waals surface area contributed by atoms with Crippen molar-refractivity contribution in [2.45, 2.75) is 37.4 Å². The van der Waals surface area contributed by atoms with Gasteiger partial charge in [-0.15, -0.1) is 0 Å². The van der Waals surface area contributed by atoms with Crippen LogP contribution in [0.5, 0.6) is 0 Å². The molecule has 0 amide bonds. The Bertz CT molecular complexity index is 369. The second kappa shape index (κ2) is 4.22. The number of ether oxygens (including phenoxy) is 2. The van der Waals surface area contributed by atoms with Crippen molar-refractivity contribution in [3.63, 3.8) is 0 Å². The fraction of sp³-hybridized carbons (Fsp3) is 0.800. The van der Waals surface area contributed by atoms with Crippen molar-refractivity contribution in [3.8, 4) is 0 Å². The summed E-state index contributed by atoms with van der Waals surface area (Å²) in [6.45, 7) is 1.46. The maximum atomic E-state index is 5.80. The summed E-state index contributed by atoms with van der Waals surface area (Å²) >= 11 is 7.06. The van der Waals surface area contributed by atoms with Crippen molar-refractivity contribution in [3.05, 3.63) is 10.3 Å². The lowest BCUT2D eigenvalue weighted by Crippen LogP contribution is -2.34. The molecule has 1 saturated carbocycles. The Morgan fingerprint density at radius 1 is 1.25 bits per heavy atom. The summed E-state index contributed by atoms with van der Waals surface area (Å²) in [5.41, 5.74) is 0. The number of hydrogen-bond donors (Lipinski definition) is 0. The zero-order chi connectivity index (χ0) is 11.0. The van der Waals surface area contributed by atoms with Gasteiger partial charge < -0.3 is 9.47 Å². The highest BCUT2D eigenvalue weighted by Gasteiger charge is 2.41. The first-order chi connectivity index (χ1) is 7.77. The van der Waals surface area contributed by atoms with Gasteiger partial charge in [0.1, 0.15) is 5.82 Å². The molecule has 1 aromatic heterocycles. The second-order valence-electron chi connectivity index (χ2n) is 4.29.